The van der Waals surface area contributed by atoms with Crippen LogP contribution in [-0.4, -0.2) is 11.2 Å². The number of pyridine rings is 1. The zero-order valence-electron chi connectivity index (χ0n) is 20.6. The summed E-state index contributed by atoms with van der Waals surface area (Å²) in [6.07, 6.45) is 11.6. The SMILES string of the molecule is CC=Cc1ccc2c(c1)c(=O)c1cc(C)ccc1n2-c1ccc(OCCCCCCCC)cc1. The highest BCUT2D eigenvalue weighted by Crippen LogP contribution is 2.27. The van der Waals surface area contributed by atoms with Gasteiger partial charge in [0.2, 0.25) is 0 Å². The Labute approximate surface area is 202 Å². The van der Waals surface area contributed by atoms with Crippen molar-refractivity contribution >= 4 is 27.9 Å². The first kappa shape index (κ1) is 23.8. The molecule has 0 spiro atoms. The highest BCUT2D eigenvalue weighted by Gasteiger charge is 2.13. The van der Waals surface area contributed by atoms with Gasteiger partial charge in [-0.2, -0.15) is 0 Å². The van der Waals surface area contributed by atoms with Crippen molar-refractivity contribution in [1.82, 2.24) is 4.57 Å². The van der Waals surface area contributed by atoms with Crippen LogP contribution in [-0.2, 0) is 0 Å². The topological polar surface area (TPSA) is 31.2 Å². The Morgan fingerprint density at radius 3 is 2.24 bits per heavy atom. The molecule has 0 N–H and O–H groups in total. The van der Waals surface area contributed by atoms with Crippen molar-refractivity contribution in [2.75, 3.05) is 6.61 Å². The maximum atomic E-state index is 13.4. The Balaban J connectivity index is 1.66. The molecule has 3 heteroatoms. The molecule has 3 nitrogen and oxygen atoms in total. The minimum Gasteiger partial charge on any atom is -0.494 e. The van der Waals surface area contributed by atoms with Crippen LogP contribution in [0.1, 0.15) is 63.5 Å². The van der Waals surface area contributed by atoms with E-state index in [1.165, 1.54) is 32.1 Å². The number of ether oxygens (including phenoxy) is 1. The minimum absolute atomic E-state index is 0.0789. The van der Waals surface area contributed by atoms with Crippen LogP contribution < -0.4 is 10.2 Å². The summed E-state index contributed by atoms with van der Waals surface area (Å²) in [4.78, 5) is 13.4. The van der Waals surface area contributed by atoms with Crippen LogP contribution in [0.5, 0.6) is 5.75 Å². The Morgan fingerprint density at radius 1 is 0.824 bits per heavy atom. The van der Waals surface area contributed by atoms with Crippen LogP contribution in [0.3, 0.4) is 0 Å². The Bertz CT molecular complexity index is 1350. The van der Waals surface area contributed by atoms with E-state index in [2.05, 4.69) is 35.8 Å². The van der Waals surface area contributed by atoms with E-state index in [1.54, 1.807) is 0 Å². The molecular weight excluding hydrogens is 418 g/mol. The molecule has 0 amide bonds. The lowest BCUT2D eigenvalue weighted by Gasteiger charge is -2.17. The molecule has 0 unspecified atom stereocenters. The molecule has 0 saturated heterocycles. The zero-order valence-corrected chi connectivity index (χ0v) is 20.6. The summed E-state index contributed by atoms with van der Waals surface area (Å²) < 4.78 is 8.17. The first-order chi connectivity index (χ1) is 16.6. The third-order valence-electron chi connectivity index (χ3n) is 6.36. The van der Waals surface area contributed by atoms with Crippen LogP contribution in [0.25, 0.3) is 33.6 Å². The number of rotatable bonds is 10. The first-order valence-corrected chi connectivity index (χ1v) is 12.6. The normalized spacial score (nSPS) is 11.6. The monoisotopic (exact) mass is 453 g/mol. The van der Waals surface area contributed by atoms with Crippen LogP contribution >= 0.6 is 0 Å². The van der Waals surface area contributed by atoms with Crippen LogP contribution in [0.15, 0.2) is 71.5 Å². The molecule has 4 aromatic rings. The third-order valence-corrected chi connectivity index (χ3v) is 6.36. The highest BCUT2D eigenvalue weighted by atomic mass is 16.5. The van der Waals surface area contributed by atoms with Gasteiger partial charge < -0.3 is 9.30 Å². The van der Waals surface area contributed by atoms with E-state index >= 15 is 0 Å². The number of aryl methyl sites for hydroxylation is 1. The molecule has 0 radical (unpaired) electrons. The molecule has 0 fully saturated rings. The van der Waals surface area contributed by atoms with Gasteiger partial charge in [0.25, 0.3) is 0 Å². The predicted octanol–water partition coefficient (Wildman–Crippen LogP) is 8.22. The van der Waals surface area contributed by atoms with Gasteiger partial charge in [-0.05, 0) is 74.4 Å². The van der Waals surface area contributed by atoms with Crippen molar-refractivity contribution in [3.63, 3.8) is 0 Å². The van der Waals surface area contributed by atoms with Gasteiger partial charge in [-0.15, -0.1) is 0 Å². The summed E-state index contributed by atoms with van der Waals surface area (Å²) >= 11 is 0. The summed E-state index contributed by atoms with van der Waals surface area (Å²) in [5.74, 6) is 0.887. The number of fused-ring (bicyclic) bond motifs is 2. The molecule has 3 aromatic carbocycles. The number of allylic oxidation sites excluding steroid dienone is 1. The number of hydrogen-bond acceptors (Lipinski definition) is 2. The van der Waals surface area contributed by atoms with Gasteiger partial charge in [0.15, 0.2) is 5.43 Å². The number of benzene rings is 3. The highest BCUT2D eigenvalue weighted by molar-refractivity contribution is 5.96. The summed E-state index contributed by atoms with van der Waals surface area (Å²) in [6, 6.07) is 20.4. The lowest BCUT2D eigenvalue weighted by molar-refractivity contribution is 0.304. The summed E-state index contributed by atoms with van der Waals surface area (Å²) in [6.45, 7) is 7.01. The molecule has 0 atom stereocenters. The average Bonchev–Trinajstić information content (AvgIpc) is 2.85. The fourth-order valence-electron chi connectivity index (χ4n) is 4.57. The summed E-state index contributed by atoms with van der Waals surface area (Å²) in [5, 5.41) is 1.48. The molecule has 34 heavy (non-hydrogen) atoms. The molecule has 176 valence electrons. The maximum Gasteiger partial charge on any atom is 0.197 e. The van der Waals surface area contributed by atoms with Gasteiger partial charge in [-0.3, -0.25) is 4.79 Å². The summed E-state index contributed by atoms with van der Waals surface area (Å²) in [5.41, 5.74) is 5.04. The van der Waals surface area contributed by atoms with Crippen molar-refractivity contribution < 1.29 is 4.74 Å². The second-order valence-corrected chi connectivity index (χ2v) is 9.07. The van der Waals surface area contributed by atoms with E-state index in [0.29, 0.717) is 0 Å². The number of nitrogens with zero attached hydrogens (tertiary/aromatic N) is 1. The molecule has 0 bridgehead atoms. The molecule has 1 aromatic heterocycles. The Hall–Kier alpha value is -3.33. The average molecular weight is 454 g/mol. The van der Waals surface area contributed by atoms with Crippen LogP contribution in [0.2, 0.25) is 0 Å². The van der Waals surface area contributed by atoms with Gasteiger partial charge in [0, 0.05) is 16.5 Å². The minimum atomic E-state index is 0.0789. The number of aromatic nitrogens is 1. The van der Waals surface area contributed by atoms with E-state index in [9.17, 15) is 4.79 Å². The largest absolute Gasteiger partial charge is 0.494 e. The van der Waals surface area contributed by atoms with E-state index in [-0.39, 0.29) is 5.43 Å². The van der Waals surface area contributed by atoms with E-state index in [1.807, 2.05) is 62.4 Å². The van der Waals surface area contributed by atoms with Crippen molar-refractivity contribution in [3.8, 4) is 11.4 Å². The van der Waals surface area contributed by atoms with Gasteiger partial charge in [0.05, 0.1) is 17.6 Å². The standard InChI is InChI=1S/C31H35NO2/c1-4-6-7-8-9-10-20-34-26-16-14-25(15-17-26)32-29-18-12-23(3)21-27(29)31(33)28-22-24(11-5-2)13-19-30(28)32/h5,11-19,21-22H,4,6-10,20H2,1-3H3. The van der Waals surface area contributed by atoms with E-state index in [4.69, 9.17) is 4.74 Å². The second kappa shape index (κ2) is 11.2. The van der Waals surface area contributed by atoms with E-state index in [0.717, 1.165) is 57.4 Å². The van der Waals surface area contributed by atoms with Gasteiger partial charge in [-0.25, -0.2) is 0 Å². The molecular formula is C31H35NO2. The molecule has 0 saturated carbocycles. The second-order valence-electron chi connectivity index (χ2n) is 9.07. The van der Waals surface area contributed by atoms with Gasteiger partial charge >= 0.3 is 0 Å². The Kier molecular flexibility index (Phi) is 7.84. The van der Waals surface area contributed by atoms with Gasteiger partial charge in [0.1, 0.15) is 5.75 Å². The van der Waals surface area contributed by atoms with Crippen molar-refractivity contribution in [2.24, 2.45) is 0 Å². The molecule has 1 heterocycles. The zero-order chi connectivity index (χ0) is 23.9. The number of hydrogen-bond donors (Lipinski definition) is 0. The Morgan fingerprint density at radius 2 is 1.50 bits per heavy atom. The lowest BCUT2D eigenvalue weighted by Crippen LogP contribution is -2.11. The van der Waals surface area contributed by atoms with Gasteiger partial charge in [-0.1, -0.05) is 68.9 Å². The predicted molar refractivity (Wildman–Crippen MR) is 145 cm³/mol. The van der Waals surface area contributed by atoms with Crippen molar-refractivity contribution in [3.05, 3.63) is 88.1 Å². The van der Waals surface area contributed by atoms with E-state index < -0.39 is 0 Å². The van der Waals surface area contributed by atoms with Crippen molar-refractivity contribution in [2.45, 2.75) is 59.3 Å². The quantitative estimate of drug-likeness (QED) is 0.179. The fourth-order valence-corrected chi connectivity index (χ4v) is 4.57. The molecule has 0 aliphatic rings. The summed E-state index contributed by atoms with van der Waals surface area (Å²) in [7, 11) is 0. The maximum absolute atomic E-state index is 13.4. The first-order valence-electron chi connectivity index (χ1n) is 12.6. The molecule has 0 aliphatic heterocycles. The van der Waals surface area contributed by atoms with Crippen molar-refractivity contribution in [1.29, 1.82) is 0 Å². The fraction of sp³-hybridized carbons (Fsp3) is 0.323. The number of unbranched alkanes of at least 4 members (excludes halogenated alkanes) is 5. The smallest absolute Gasteiger partial charge is 0.197 e. The molecule has 4 rings (SSSR count). The van der Waals surface area contributed by atoms with Crippen LogP contribution in [0.4, 0.5) is 0 Å². The third kappa shape index (κ3) is 5.25. The van der Waals surface area contributed by atoms with Crippen LogP contribution in [0, 0.1) is 6.92 Å². The lowest BCUT2D eigenvalue weighted by atomic mass is 10.0. The molecule has 0 aliphatic carbocycles.